The Morgan fingerprint density at radius 1 is 1.27 bits per heavy atom. The van der Waals surface area contributed by atoms with E-state index in [4.69, 9.17) is 28.3 Å². The summed E-state index contributed by atoms with van der Waals surface area (Å²) in [6.07, 6.45) is 0. The van der Waals surface area contributed by atoms with Crippen molar-refractivity contribution in [3.63, 3.8) is 0 Å². The molecule has 0 unspecified atom stereocenters. The van der Waals surface area contributed by atoms with Crippen LogP contribution >= 0.6 is 23.2 Å². The van der Waals surface area contributed by atoms with Gasteiger partial charge in [0.25, 0.3) is 0 Å². The van der Waals surface area contributed by atoms with Crippen LogP contribution in [-0.4, -0.2) is 33.5 Å². The number of nitrogens with zero attached hydrogens (tertiary/aromatic N) is 1. The molecule has 0 atom stereocenters. The molecule has 1 heterocycles. The first-order chi connectivity index (χ1) is 12.1. The van der Waals surface area contributed by atoms with Gasteiger partial charge in [0.15, 0.2) is 5.78 Å². The van der Waals surface area contributed by atoms with E-state index in [0.717, 1.165) is 0 Å². The average molecular weight is 401 g/mol. The van der Waals surface area contributed by atoms with E-state index >= 15 is 0 Å². The largest absolute Gasteiger partial charge is 0.508 e. The normalized spacial score (nSPS) is 10.8. The molecule has 1 aromatic carbocycles. The van der Waals surface area contributed by atoms with Gasteiger partial charge in [-0.05, 0) is 29.7 Å². The number of carboxylic acid groups (broad SMARTS) is 1. The van der Waals surface area contributed by atoms with Gasteiger partial charge in [-0.3, -0.25) is 9.59 Å². The Labute approximate surface area is 158 Å². The zero-order chi connectivity index (χ0) is 19.6. The third kappa shape index (κ3) is 4.05. The molecule has 0 radical (unpaired) electrons. The van der Waals surface area contributed by atoms with E-state index in [1.807, 2.05) is 13.8 Å². The van der Waals surface area contributed by atoms with E-state index in [1.165, 1.54) is 18.2 Å². The number of rotatable bonds is 6. The highest BCUT2D eigenvalue weighted by Gasteiger charge is 2.25. The Hall–Kier alpha value is -2.38. The lowest BCUT2D eigenvalue weighted by Gasteiger charge is -2.13. The first-order valence-corrected chi connectivity index (χ1v) is 8.26. The second-order valence-electron chi connectivity index (χ2n) is 5.76. The minimum Gasteiger partial charge on any atom is -0.508 e. The molecule has 138 valence electrons. The number of pyridine rings is 1. The zero-order valence-corrected chi connectivity index (χ0v) is 15.3. The predicted octanol–water partition coefficient (Wildman–Crippen LogP) is 4.08. The van der Waals surface area contributed by atoms with Crippen molar-refractivity contribution in [3.05, 3.63) is 50.9 Å². The minimum atomic E-state index is -1.22. The van der Waals surface area contributed by atoms with Crippen molar-refractivity contribution in [2.45, 2.75) is 19.8 Å². The fourth-order valence-electron chi connectivity index (χ4n) is 2.29. The van der Waals surface area contributed by atoms with Crippen molar-refractivity contribution in [1.29, 1.82) is 0 Å². The molecule has 6 nitrogen and oxygen atoms in total. The number of carbonyl (C=O) groups is 2. The number of ketones is 1. The van der Waals surface area contributed by atoms with Crippen molar-refractivity contribution in [2.75, 3.05) is 11.9 Å². The quantitative estimate of drug-likeness (QED) is 0.498. The first-order valence-electron chi connectivity index (χ1n) is 7.51. The molecule has 0 bridgehead atoms. The van der Waals surface area contributed by atoms with Crippen molar-refractivity contribution in [1.82, 2.24) is 4.98 Å². The summed E-state index contributed by atoms with van der Waals surface area (Å²) in [6, 6.07) is 4.18. The van der Waals surface area contributed by atoms with Gasteiger partial charge in [-0.15, -0.1) is 0 Å². The topological polar surface area (TPSA) is 99.5 Å². The molecule has 26 heavy (non-hydrogen) atoms. The standard InChI is InChI=1S/C17H15Cl2FN2O4/c1-7(2)9-5-8(3-4-10(9)23)15(26)12-13(18)16(20)22-17(14(12)19)21-6-11(24)25/h3-5,7,23H,6H2,1-2H3,(H,21,22)(H,24,25). The third-order valence-electron chi connectivity index (χ3n) is 3.58. The van der Waals surface area contributed by atoms with Gasteiger partial charge < -0.3 is 15.5 Å². The third-order valence-corrected chi connectivity index (χ3v) is 4.30. The summed E-state index contributed by atoms with van der Waals surface area (Å²) in [7, 11) is 0. The summed E-state index contributed by atoms with van der Waals surface area (Å²) >= 11 is 12.0. The van der Waals surface area contributed by atoms with Crippen molar-refractivity contribution < 1.29 is 24.2 Å². The van der Waals surface area contributed by atoms with E-state index in [0.29, 0.717) is 5.56 Å². The van der Waals surface area contributed by atoms with E-state index in [-0.39, 0.29) is 33.6 Å². The Morgan fingerprint density at radius 3 is 2.50 bits per heavy atom. The van der Waals surface area contributed by atoms with Crippen LogP contribution in [0.1, 0.15) is 41.3 Å². The van der Waals surface area contributed by atoms with Crippen LogP contribution < -0.4 is 5.32 Å². The highest BCUT2D eigenvalue weighted by Crippen LogP contribution is 2.35. The smallest absolute Gasteiger partial charge is 0.322 e. The van der Waals surface area contributed by atoms with E-state index in [1.54, 1.807) is 0 Å². The predicted molar refractivity (Wildman–Crippen MR) is 96.0 cm³/mol. The van der Waals surface area contributed by atoms with E-state index < -0.39 is 29.3 Å². The van der Waals surface area contributed by atoms with Crippen LogP contribution in [0.4, 0.5) is 10.2 Å². The van der Waals surface area contributed by atoms with Crippen LogP contribution in [0.5, 0.6) is 5.75 Å². The Balaban J connectivity index is 2.55. The SMILES string of the molecule is CC(C)c1cc(C(=O)c2c(Cl)c(F)nc(NCC(=O)O)c2Cl)ccc1O. The highest BCUT2D eigenvalue weighted by atomic mass is 35.5. The Morgan fingerprint density at radius 2 is 1.92 bits per heavy atom. The Kier molecular flexibility index (Phi) is 6.05. The van der Waals surface area contributed by atoms with Crippen LogP contribution in [0.2, 0.25) is 10.0 Å². The van der Waals surface area contributed by atoms with Crippen LogP contribution in [0.15, 0.2) is 18.2 Å². The fourth-order valence-corrected chi connectivity index (χ4v) is 2.85. The molecule has 0 fully saturated rings. The maximum atomic E-state index is 14.0. The van der Waals surface area contributed by atoms with Crippen LogP contribution in [0.25, 0.3) is 0 Å². The molecule has 0 aliphatic heterocycles. The van der Waals surface area contributed by atoms with Crippen molar-refractivity contribution >= 4 is 40.8 Å². The number of aromatic hydroxyl groups is 1. The van der Waals surface area contributed by atoms with E-state index in [2.05, 4.69) is 10.3 Å². The number of nitrogens with one attached hydrogen (secondary N) is 1. The maximum absolute atomic E-state index is 14.0. The molecule has 0 aliphatic rings. The number of hydrogen-bond acceptors (Lipinski definition) is 5. The summed E-state index contributed by atoms with van der Waals surface area (Å²) in [5.41, 5.74) is 0.334. The molecular formula is C17H15Cl2FN2O4. The average Bonchev–Trinajstić information content (AvgIpc) is 2.57. The number of phenolic OH excluding ortho intramolecular Hbond substituents is 1. The number of carbonyl (C=O) groups excluding carboxylic acids is 1. The number of aromatic nitrogens is 1. The molecule has 2 rings (SSSR count). The molecule has 9 heteroatoms. The zero-order valence-electron chi connectivity index (χ0n) is 13.8. The summed E-state index contributed by atoms with van der Waals surface area (Å²) in [5, 5.41) is 20.1. The lowest BCUT2D eigenvalue weighted by Crippen LogP contribution is -2.16. The van der Waals surface area contributed by atoms with Gasteiger partial charge in [-0.1, -0.05) is 37.0 Å². The molecule has 1 aromatic heterocycles. The molecule has 0 aliphatic carbocycles. The molecule has 0 spiro atoms. The van der Waals surface area contributed by atoms with Gasteiger partial charge >= 0.3 is 5.97 Å². The van der Waals surface area contributed by atoms with Gasteiger partial charge in [0, 0.05) is 5.56 Å². The molecule has 3 N–H and O–H groups in total. The minimum absolute atomic E-state index is 0.0264. The lowest BCUT2D eigenvalue weighted by molar-refractivity contribution is -0.134. The lowest BCUT2D eigenvalue weighted by atomic mass is 9.96. The van der Waals surface area contributed by atoms with Crippen LogP contribution in [0, 0.1) is 5.95 Å². The van der Waals surface area contributed by atoms with Crippen LogP contribution in [0.3, 0.4) is 0 Å². The first kappa shape index (κ1) is 19.9. The second-order valence-corrected chi connectivity index (χ2v) is 6.51. The molecule has 2 aromatic rings. The molecule has 0 amide bonds. The number of aliphatic carboxylic acids is 1. The number of carboxylic acids is 1. The van der Waals surface area contributed by atoms with Gasteiger partial charge in [0.05, 0.1) is 10.6 Å². The van der Waals surface area contributed by atoms with Gasteiger partial charge in [0.1, 0.15) is 23.1 Å². The number of benzene rings is 1. The van der Waals surface area contributed by atoms with Crippen molar-refractivity contribution in [2.24, 2.45) is 0 Å². The van der Waals surface area contributed by atoms with Gasteiger partial charge in [0.2, 0.25) is 5.95 Å². The number of phenols is 1. The van der Waals surface area contributed by atoms with Gasteiger partial charge in [-0.25, -0.2) is 0 Å². The summed E-state index contributed by atoms with van der Waals surface area (Å²) in [5.74, 6) is -3.39. The summed E-state index contributed by atoms with van der Waals surface area (Å²) in [4.78, 5) is 26.9. The monoisotopic (exact) mass is 400 g/mol. The number of anilines is 1. The summed E-state index contributed by atoms with van der Waals surface area (Å²) < 4.78 is 14.0. The second kappa shape index (κ2) is 7.88. The van der Waals surface area contributed by atoms with Crippen molar-refractivity contribution in [3.8, 4) is 5.75 Å². The number of halogens is 3. The summed E-state index contributed by atoms with van der Waals surface area (Å²) in [6.45, 7) is 3.10. The number of hydrogen-bond donors (Lipinski definition) is 3. The maximum Gasteiger partial charge on any atom is 0.322 e. The Bertz CT molecular complexity index is 888. The molecular weight excluding hydrogens is 386 g/mol. The highest BCUT2D eigenvalue weighted by molar-refractivity contribution is 6.42. The van der Waals surface area contributed by atoms with Crippen LogP contribution in [-0.2, 0) is 4.79 Å². The molecule has 0 saturated heterocycles. The molecule has 0 saturated carbocycles. The fraction of sp³-hybridized carbons (Fsp3) is 0.235. The van der Waals surface area contributed by atoms with Gasteiger partial charge in [-0.2, -0.15) is 9.37 Å². The van der Waals surface area contributed by atoms with E-state index in [9.17, 15) is 19.1 Å².